The second-order valence-electron chi connectivity index (χ2n) is 16.3. The highest BCUT2D eigenvalue weighted by molar-refractivity contribution is 6.24. The number of fused-ring (bicyclic) bond motifs is 7. The van der Waals surface area contributed by atoms with Crippen LogP contribution >= 0.6 is 0 Å². The van der Waals surface area contributed by atoms with Gasteiger partial charge in [0.15, 0.2) is 0 Å². The number of aryl methyl sites for hydroxylation is 2. The van der Waals surface area contributed by atoms with E-state index in [1.54, 1.807) is 0 Å². The van der Waals surface area contributed by atoms with E-state index in [2.05, 4.69) is 191 Å². The number of furan rings is 1. The van der Waals surface area contributed by atoms with Gasteiger partial charge >= 0.3 is 0 Å². The lowest BCUT2D eigenvalue weighted by Crippen LogP contribution is -2.16. The summed E-state index contributed by atoms with van der Waals surface area (Å²) in [6.45, 7) is 11.3. The Balaban J connectivity index is 1.09. The fraction of sp³-hybridized carbons (Fsp3) is 0.107. The van der Waals surface area contributed by atoms with Crippen molar-refractivity contribution in [1.82, 2.24) is 0 Å². The maximum atomic E-state index is 6.49. The summed E-state index contributed by atoms with van der Waals surface area (Å²) >= 11 is 0. The third kappa shape index (κ3) is 4.95. The largest absolute Gasteiger partial charge is 0.460 e. The molecule has 1 heterocycles. The Bertz CT molecular complexity index is 3160. The van der Waals surface area contributed by atoms with E-state index in [-0.39, 0.29) is 5.41 Å². The zero-order valence-electron chi connectivity index (χ0n) is 32.6. The van der Waals surface area contributed by atoms with Crippen molar-refractivity contribution >= 4 is 54.9 Å². The van der Waals surface area contributed by atoms with Gasteiger partial charge in [-0.05, 0) is 131 Å². The summed E-state index contributed by atoms with van der Waals surface area (Å²) in [6.07, 6.45) is 8.56. The number of rotatable bonds is 5. The first-order valence-corrected chi connectivity index (χ1v) is 20.2. The first-order valence-electron chi connectivity index (χ1n) is 20.2. The zero-order valence-corrected chi connectivity index (χ0v) is 32.6. The molecule has 0 atom stereocenters. The number of hydrogen-bond acceptors (Lipinski definition) is 1. The summed E-state index contributed by atoms with van der Waals surface area (Å²) in [4.78, 5) is 0. The van der Waals surface area contributed by atoms with Crippen LogP contribution < -0.4 is 0 Å². The van der Waals surface area contributed by atoms with Gasteiger partial charge in [-0.15, -0.1) is 0 Å². The summed E-state index contributed by atoms with van der Waals surface area (Å²) < 4.78 is 6.49. The van der Waals surface area contributed by atoms with Crippen LogP contribution in [0.5, 0.6) is 0 Å². The smallest absolute Gasteiger partial charge is 0.135 e. The van der Waals surface area contributed by atoms with Gasteiger partial charge in [-0.1, -0.05) is 166 Å². The van der Waals surface area contributed by atoms with Gasteiger partial charge in [0, 0.05) is 22.8 Å². The van der Waals surface area contributed by atoms with Crippen molar-refractivity contribution in [3.8, 4) is 33.4 Å². The van der Waals surface area contributed by atoms with Gasteiger partial charge in [0.05, 0.1) is 0 Å². The molecule has 11 rings (SSSR count). The highest BCUT2D eigenvalue weighted by Gasteiger charge is 2.38. The number of benzene rings is 8. The van der Waals surface area contributed by atoms with Crippen LogP contribution in [0.15, 0.2) is 174 Å². The van der Waals surface area contributed by atoms with Gasteiger partial charge < -0.3 is 4.42 Å². The second kappa shape index (κ2) is 12.7. The zero-order chi connectivity index (χ0) is 38.4. The average molecular weight is 731 g/mol. The van der Waals surface area contributed by atoms with Crippen LogP contribution in [0.25, 0.3) is 88.3 Å². The predicted molar refractivity (Wildman–Crippen MR) is 243 cm³/mol. The Hall–Kier alpha value is -6.70. The van der Waals surface area contributed by atoms with Crippen molar-refractivity contribution in [2.45, 2.75) is 39.0 Å². The molecule has 0 fully saturated rings. The summed E-state index contributed by atoms with van der Waals surface area (Å²) in [6, 6.07) is 54.1. The van der Waals surface area contributed by atoms with Gasteiger partial charge in [0.1, 0.15) is 11.3 Å². The van der Waals surface area contributed by atoms with Crippen molar-refractivity contribution in [1.29, 1.82) is 0 Å². The van der Waals surface area contributed by atoms with E-state index in [9.17, 15) is 0 Å². The van der Waals surface area contributed by atoms with E-state index < -0.39 is 0 Å². The molecule has 0 unspecified atom stereocenters. The van der Waals surface area contributed by atoms with Gasteiger partial charge in [-0.25, -0.2) is 0 Å². The highest BCUT2D eigenvalue weighted by Crippen LogP contribution is 2.52. The van der Waals surface area contributed by atoms with Crippen LogP contribution in [0.3, 0.4) is 0 Å². The number of hydrogen-bond donors (Lipinski definition) is 0. The van der Waals surface area contributed by atoms with E-state index in [0.717, 1.165) is 24.2 Å². The summed E-state index contributed by atoms with van der Waals surface area (Å²) in [7, 11) is 0. The molecule has 0 N–H and O–H groups in total. The van der Waals surface area contributed by atoms with E-state index in [1.165, 1.54) is 110 Å². The maximum Gasteiger partial charge on any atom is 0.135 e. The Kier molecular flexibility index (Phi) is 7.47. The fourth-order valence-electron chi connectivity index (χ4n) is 10.2. The summed E-state index contributed by atoms with van der Waals surface area (Å²) in [5.74, 6) is 1.10. The van der Waals surface area contributed by atoms with Gasteiger partial charge in [-0.2, -0.15) is 0 Å². The molecule has 0 spiro atoms. The van der Waals surface area contributed by atoms with Crippen LogP contribution in [0, 0.1) is 6.92 Å². The summed E-state index contributed by atoms with van der Waals surface area (Å²) in [5, 5.41) is 8.78. The van der Waals surface area contributed by atoms with E-state index >= 15 is 0 Å². The van der Waals surface area contributed by atoms with Crippen LogP contribution in [0.2, 0.25) is 0 Å². The Morgan fingerprint density at radius 1 is 0.561 bits per heavy atom. The Labute approximate surface area is 333 Å². The van der Waals surface area contributed by atoms with Crippen molar-refractivity contribution in [2.75, 3.05) is 0 Å². The SMILES string of the molecule is C=CC1=C(c2cc3oc4c(c3cc2C)C=CCC4)c2ccc(-c3ccc(-c4c5ccccc5c(-c5ccccc5)c5ccccc45)c4ccccc34)cc2C1(C)C. The molecule has 2 aliphatic carbocycles. The molecule has 1 nitrogen and oxygen atoms in total. The van der Waals surface area contributed by atoms with Crippen molar-refractivity contribution < 1.29 is 4.42 Å². The van der Waals surface area contributed by atoms with Crippen LogP contribution in [-0.4, -0.2) is 0 Å². The molecule has 0 bridgehead atoms. The molecular weight excluding hydrogens is 689 g/mol. The molecule has 8 aromatic carbocycles. The van der Waals surface area contributed by atoms with Gasteiger partial charge in [0.2, 0.25) is 0 Å². The van der Waals surface area contributed by atoms with Gasteiger partial charge in [-0.3, -0.25) is 0 Å². The molecule has 0 radical (unpaired) electrons. The third-order valence-corrected chi connectivity index (χ3v) is 12.8. The third-order valence-electron chi connectivity index (χ3n) is 12.8. The Morgan fingerprint density at radius 2 is 1.16 bits per heavy atom. The minimum absolute atomic E-state index is 0.233. The molecule has 2 aliphatic rings. The quantitative estimate of drug-likeness (QED) is 0.161. The molecule has 0 saturated heterocycles. The molecule has 9 aromatic rings. The topological polar surface area (TPSA) is 13.1 Å². The minimum atomic E-state index is -0.233. The van der Waals surface area contributed by atoms with Crippen LogP contribution in [0.1, 0.15) is 53.8 Å². The molecular formula is C56H42O. The maximum absolute atomic E-state index is 6.49. The lowest BCUT2D eigenvalue weighted by Gasteiger charge is -2.24. The first-order chi connectivity index (χ1) is 27.9. The van der Waals surface area contributed by atoms with Crippen molar-refractivity contribution in [3.63, 3.8) is 0 Å². The standard InChI is InChI=1S/C56H42O/c1-5-49-55(47-33-52-48(31-34(47)2)40-21-15-16-26-51(40)57-52)46-28-27-36(32-50(46)56(49,3)4)37-29-30-45(39-20-10-9-19-38(37)39)54-43-24-13-11-22-41(43)53(35-17-7-6-8-18-35)42-23-12-14-25-44(42)54/h5-15,17-25,27-33H,1,16,26H2,2-4H3. The molecule has 1 heteroatoms. The van der Waals surface area contributed by atoms with Crippen LogP contribution in [0.4, 0.5) is 0 Å². The fourth-order valence-corrected chi connectivity index (χ4v) is 10.2. The van der Waals surface area contributed by atoms with E-state index in [0.29, 0.717) is 0 Å². The second-order valence-corrected chi connectivity index (χ2v) is 16.3. The molecule has 0 aliphatic heterocycles. The van der Waals surface area contributed by atoms with Crippen molar-refractivity contribution in [3.05, 3.63) is 203 Å². The van der Waals surface area contributed by atoms with Crippen molar-refractivity contribution in [2.24, 2.45) is 0 Å². The Morgan fingerprint density at radius 3 is 1.84 bits per heavy atom. The number of allylic oxidation sites excluding steroid dienone is 3. The lowest BCUT2D eigenvalue weighted by atomic mass is 9.79. The lowest BCUT2D eigenvalue weighted by molar-refractivity contribution is 0.546. The van der Waals surface area contributed by atoms with Gasteiger partial charge in [0.25, 0.3) is 0 Å². The van der Waals surface area contributed by atoms with E-state index in [4.69, 9.17) is 4.42 Å². The highest BCUT2D eigenvalue weighted by atomic mass is 16.3. The molecule has 0 amide bonds. The molecule has 57 heavy (non-hydrogen) atoms. The predicted octanol–water partition coefficient (Wildman–Crippen LogP) is 15.4. The first kappa shape index (κ1) is 33.6. The molecule has 0 saturated carbocycles. The molecule has 272 valence electrons. The minimum Gasteiger partial charge on any atom is -0.460 e. The summed E-state index contributed by atoms with van der Waals surface area (Å²) in [5.41, 5.74) is 17.1. The molecule has 1 aromatic heterocycles. The normalized spacial score (nSPS) is 14.5. The van der Waals surface area contributed by atoms with E-state index in [1.807, 2.05) is 0 Å². The average Bonchev–Trinajstić information content (AvgIpc) is 3.72. The van der Waals surface area contributed by atoms with Crippen LogP contribution in [-0.2, 0) is 11.8 Å². The monoisotopic (exact) mass is 730 g/mol.